The minimum Gasteiger partial charge on any atom is -0.352 e. The van der Waals surface area contributed by atoms with Gasteiger partial charge in [-0.1, -0.05) is 62.3 Å². The van der Waals surface area contributed by atoms with Crippen molar-refractivity contribution in [2.45, 2.75) is 320 Å². The Labute approximate surface area is 482 Å². The maximum Gasteiger partial charge on any atom is 0.244 e. The zero-order chi connectivity index (χ0) is 62.1. The van der Waals surface area contributed by atoms with E-state index in [1.54, 1.807) is 0 Å². The summed E-state index contributed by atoms with van der Waals surface area (Å²) in [5.74, 6) is -2.75. The lowest BCUT2D eigenvalue weighted by atomic mass is 9.85. The Morgan fingerprint density at radius 1 is 0.291 bits per heavy atom. The molecule has 17 heteroatoms. The fraction of sp³-hybridized carbons (Fsp3) is 0.887. The van der Waals surface area contributed by atoms with Gasteiger partial charge in [-0.25, -0.2) is 0 Å². The second-order valence-electron chi connectivity index (χ2n) is 32.4. The molecule has 0 aromatic carbocycles. The summed E-state index contributed by atoms with van der Waals surface area (Å²) in [6, 6.07) is -6.27. The van der Waals surface area contributed by atoms with Crippen molar-refractivity contribution in [3.63, 3.8) is 0 Å². The quantitative estimate of drug-likeness (QED) is 0.0321. The minimum atomic E-state index is -1.33. The molecule has 462 valence electrons. The maximum atomic E-state index is 14.9. The highest BCUT2D eigenvalue weighted by molar-refractivity contribution is 5.96. The van der Waals surface area contributed by atoms with Gasteiger partial charge in [0.1, 0.15) is 11.8 Å². The van der Waals surface area contributed by atoms with Gasteiger partial charge in [-0.05, 0) is 179 Å². The van der Waals surface area contributed by atoms with Crippen LogP contribution in [0.25, 0.3) is 0 Å². The van der Waals surface area contributed by atoms with Gasteiger partial charge in [-0.2, -0.15) is 0 Å². The maximum absolute atomic E-state index is 14.9. The van der Waals surface area contributed by atoms with Gasteiger partial charge in [-0.3, -0.25) is 33.6 Å². The molecule has 0 spiro atoms. The number of amides is 4. The summed E-state index contributed by atoms with van der Waals surface area (Å²) in [5, 5.41) is 32.3. The van der Waals surface area contributed by atoms with E-state index in [2.05, 4.69) is 94.7 Å². The molecule has 0 aromatic rings. The predicted molar refractivity (Wildman–Crippen MR) is 326 cm³/mol. The van der Waals surface area contributed by atoms with Crippen LogP contribution in [-0.2, 0) is 33.6 Å². The Morgan fingerprint density at radius 2 is 0.595 bits per heavy atom. The first kappa shape index (κ1) is 75.7. The number of ketones is 3. The molecule has 0 radical (unpaired) electrons. The Kier molecular flexibility index (Phi) is 29.5. The van der Waals surface area contributed by atoms with Crippen molar-refractivity contribution in [2.24, 2.45) is 16.2 Å². The van der Waals surface area contributed by atoms with E-state index in [0.29, 0.717) is 19.3 Å². The third-order valence-corrected chi connectivity index (χ3v) is 12.4. The average Bonchev–Trinajstić information content (AvgIpc) is 3.21. The lowest BCUT2D eigenvalue weighted by Crippen LogP contribution is -2.62. The molecule has 0 aromatic heterocycles. The summed E-state index contributed by atoms with van der Waals surface area (Å²) < 4.78 is 0. The van der Waals surface area contributed by atoms with Gasteiger partial charge in [0.05, 0.1) is 36.3 Å². The zero-order valence-corrected chi connectivity index (χ0v) is 55.4. The summed E-state index contributed by atoms with van der Waals surface area (Å²) in [6.45, 7) is 54.3. The molecule has 4 amide bonds. The summed E-state index contributed by atoms with van der Waals surface area (Å²) >= 11 is 0. The van der Waals surface area contributed by atoms with Gasteiger partial charge in [0.2, 0.25) is 23.6 Å². The Balaban J connectivity index is 7.54. The first-order valence-corrected chi connectivity index (χ1v) is 29.5. The van der Waals surface area contributed by atoms with Crippen molar-refractivity contribution in [3.8, 4) is 0 Å². The lowest BCUT2D eigenvalue weighted by Gasteiger charge is -2.33. The van der Waals surface area contributed by atoms with E-state index >= 15 is 0 Å². The molecule has 10 N–H and O–H groups in total. The smallest absolute Gasteiger partial charge is 0.244 e. The Hall–Kier alpha value is -3.35. The van der Waals surface area contributed by atoms with Gasteiger partial charge in [0.15, 0.2) is 11.6 Å². The molecule has 7 unspecified atom stereocenters. The van der Waals surface area contributed by atoms with Gasteiger partial charge in [0.25, 0.3) is 0 Å². The molecule has 0 aliphatic carbocycles. The van der Waals surface area contributed by atoms with Crippen LogP contribution in [0.15, 0.2) is 0 Å². The van der Waals surface area contributed by atoms with Gasteiger partial charge in [-0.15, -0.1) is 0 Å². The van der Waals surface area contributed by atoms with Crippen LogP contribution in [0, 0.1) is 16.2 Å². The Morgan fingerprint density at radius 3 is 0.962 bits per heavy atom. The van der Waals surface area contributed by atoms with E-state index in [-0.39, 0.29) is 90.8 Å². The minimum absolute atomic E-state index is 0.00160. The SMILES string of the molecule is CC(C)(C)CCC(NC(C)(C)C)C(=O)CCC(NC(=O)C(CNC(C)(C)C)NC(C)(C)C)C(=O)CCC(NC(=O)C(CNC(=O)C(CNC(C)(C)C)NC(C)(C)C)NC(=O)C(CCC(C)(C)C)NC(C)(C)C)C(=O)CC(C)(C)C. The van der Waals surface area contributed by atoms with Crippen molar-refractivity contribution in [1.29, 1.82) is 0 Å². The van der Waals surface area contributed by atoms with Gasteiger partial charge >= 0.3 is 0 Å². The standard InChI is InChI=1S/C62H122N10O7/c1-54(2,3)34-32-42(69-59(16,17)18)48(74)31-28-40(66-53(79)46(72-62(25,26)27)39-65-58(13,14)15)47(73)30-29-41(49(75)36-56(7,8)9)67-52(78)44(68-51(77)43(70-60(19,20)21)33-35-55(4,5)6)37-63-50(76)45(71-61(22,23)24)38-64-57(10,11)12/h40-46,64-65,69-72H,28-39H2,1-27H3,(H,63,76)(H,66,79)(H,67,78)(H,68,77). The highest BCUT2D eigenvalue weighted by Crippen LogP contribution is 2.25. The fourth-order valence-electron chi connectivity index (χ4n) is 8.61. The van der Waals surface area contributed by atoms with E-state index < -0.39 is 93.7 Å². The van der Waals surface area contributed by atoms with Crippen molar-refractivity contribution in [3.05, 3.63) is 0 Å². The summed E-state index contributed by atoms with van der Waals surface area (Å²) in [4.78, 5) is 101. The molecule has 17 nitrogen and oxygen atoms in total. The fourth-order valence-corrected chi connectivity index (χ4v) is 8.61. The van der Waals surface area contributed by atoms with E-state index in [9.17, 15) is 33.6 Å². The number of rotatable bonds is 31. The molecular formula is C62H122N10O7. The second kappa shape index (κ2) is 30.8. The average molecular weight is 1120 g/mol. The molecule has 0 aliphatic heterocycles. The van der Waals surface area contributed by atoms with E-state index in [4.69, 9.17) is 0 Å². The van der Waals surface area contributed by atoms with Crippen molar-refractivity contribution in [2.75, 3.05) is 19.6 Å². The molecule has 0 saturated carbocycles. The molecular weight excluding hydrogens is 997 g/mol. The molecule has 7 atom stereocenters. The molecule has 0 heterocycles. The third kappa shape index (κ3) is 38.9. The molecule has 79 heavy (non-hydrogen) atoms. The summed E-state index contributed by atoms with van der Waals surface area (Å²) in [5.41, 5.74) is -3.00. The second-order valence-corrected chi connectivity index (χ2v) is 32.4. The lowest BCUT2D eigenvalue weighted by molar-refractivity contribution is -0.134. The number of hydrogen-bond acceptors (Lipinski definition) is 13. The molecule has 0 fully saturated rings. The van der Waals surface area contributed by atoms with Gasteiger partial charge in [0, 0.05) is 72.1 Å². The number of nitrogens with one attached hydrogen (secondary N) is 10. The number of carbonyl (C=O) groups is 7. The topological polar surface area (TPSA) is 240 Å². The molecule has 0 rings (SSSR count). The molecule has 0 aliphatic rings. The normalized spacial score (nSPS) is 16.2. The van der Waals surface area contributed by atoms with E-state index in [1.165, 1.54) is 0 Å². The van der Waals surface area contributed by atoms with Crippen LogP contribution in [0.1, 0.15) is 245 Å². The van der Waals surface area contributed by atoms with E-state index in [1.807, 2.05) is 145 Å². The first-order chi connectivity index (χ1) is 35.1. The van der Waals surface area contributed by atoms with Crippen LogP contribution < -0.4 is 53.2 Å². The first-order valence-electron chi connectivity index (χ1n) is 29.5. The van der Waals surface area contributed by atoms with Crippen LogP contribution >= 0.6 is 0 Å². The predicted octanol–water partition coefficient (Wildman–Crippen LogP) is 7.72. The monoisotopic (exact) mass is 1120 g/mol. The molecule has 0 bridgehead atoms. The highest BCUT2D eigenvalue weighted by atomic mass is 16.2. The van der Waals surface area contributed by atoms with Crippen LogP contribution in [0.4, 0.5) is 0 Å². The van der Waals surface area contributed by atoms with Crippen LogP contribution in [0.5, 0.6) is 0 Å². The van der Waals surface area contributed by atoms with E-state index in [0.717, 1.165) is 6.42 Å². The van der Waals surface area contributed by atoms with Crippen LogP contribution in [-0.4, -0.2) is 136 Å². The van der Waals surface area contributed by atoms with Gasteiger partial charge < -0.3 is 53.2 Å². The third-order valence-electron chi connectivity index (χ3n) is 12.4. The van der Waals surface area contributed by atoms with Crippen molar-refractivity contribution < 1.29 is 33.6 Å². The number of Topliss-reactive ketones (excluding diaryl/α,β-unsaturated/α-hetero) is 3. The Bertz CT molecular complexity index is 1940. The van der Waals surface area contributed by atoms with Crippen molar-refractivity contribution >= 4 is 41.0 Å². The molecule has 0 saturated heterocycles. The largest absolute Gasteiger partial charge is 0.352 e. The number of hydrogen-bond donors (Lipinski definition) is 10. The zero-order valence-electron chi connectivity index (χ0n) is 55.4. The van der Waals surface area contributed by atoms with Crippen LogP contribution in [0.3, 0.4) is 0 Å². The van der Waals surface area contributed by atoms with Crippen molar-refractivity contribution in [1.82, 2.24) is 53.2 Å². The summed E-state index contributed by atoms with van der Waals surface area (Å²) in [7, 11) is 0. The highest BCUT2D eigenvalue weighted by Gasteiger charge is 2.36. The summed E-state index contributed by atoms with van der Waals surface area (Å²) in [6.07, 6.45) is 2.26. The van der Waals surface area contributed by atoms with Crippen LogP contribution in [0.2, 0.25) is 0 Å². The number of carbonyl (C=O) groups excluding carboxylic acids is 7.